The van der Waals surface area contributed by atoms with E-state index in [-0.39, 0.29) is 0 Å². The summed E-state index contributed by atoms with van der Waals surface area (Å²) in [6, 6.07) is 44.9. The molecule has 6 nitrogen and oxygen atoms in total. The Balaban J connectivity index is 0.000000147. The van der Waals surface area contributed by atoms with Gasteiger partial charge in [0.15, 0.2) is 18.6 Å². The molecule has 6 aromatic heterocycles. The largest absolute Gasteiger partial charge is 0.261 e. The van der Waals surface area contributed by atoms with Crippen molar-refractivity contribution in [2.24, 2.45) is 21.1 Å². The molecule has 66 heavy (non-hydrogen) atoms. The van der Waals surface area contributed by atoms with Gasteiger partial charge in [0.05, 0.1) is 33.8 Å². The molecule has 0 saturated heterocycles. The van der Waals surface area contributed by atoms with E-state index < -0.39 is 0 Å². The fraction of sp³-hybridized carbons (Fsp3) is 0.200. The summed E-state index contributed by atoms with van der Waals surface area (Å²) >= 11 is 0. The summed E-state index contributed by atoms with van der Waals surface area (Å²) in [5.74, 6) is 0. The first-order chi connectivity index (χ1) is 31.7. The first-order valence-electron chi connectivity index (χ1n) is 22.7. The Hall–Kier alpha value is -7.44. The van der Waals surface area contributed by atoms with E-state index in [2.05, 4.69) is 258 Å². The van der Waals surface area contributed by atoms with Crippen LogP contribution in [0.25, 0.3) is 67.2 Å². The van der Waals surface area contributed by atoms with E-state index in [0.29, 0.717) is 0 Å². The number of rotatable bonds is 6. The van der Waals surface area contributed by atoms with Crippen molar-refractivity contribution in [3.05, 3.63) is 215 Å². The Labute approximate surface area is 392 Å². The average molecular weight is 868 g/mol. The molecule has 9 aromatic rings. The zero-order valence-corrected chi connectivity index (χ0v) is 40.8. The Morgan fingerprint density at radius 2 is 0.773 bits per heavy atom. The van der Waals surface area contributed by atoms with Crippen molar-refractivity contribution in [3.8, 4) is 67.2 Å². The number of hydrogen-bond donors (Lipinski definition) is 0. The van der Waals surface area contributed by atoms with E-state index in [1.54, 1.807) is 0 Å². The third kappa shape index (κ3) is 10.2. The monoisotopic (exact) mass is 868 g/mol. The van der Waals surface area contributed by atoms with Gasteiger partial charge in [0.1, 0.15) is 21.1 Å². The second kappa shape index (κ2) is 20.6. The SMILES string of the molecule is Cc1c[n+](C)c(-c2c(C)ccnc2C)cc1-c1ccccc1.Cc1ccccc1-c1cc[n+](C)c(-c2c(C)ccnc2C)c1.Cc1ccccc1-c1ccc(-c2c(C)ccnc2C)[n+](C)c1. The first-order valence-corrected chi connectivity index (χ1v) is 22.7. The lowest BCUT2D eigenvalue weighted by Crippen LogP contribution is -2.31. The van der Waals surface area contributed by atoms with Gasteiger partial charge in [0.25, 0.3) is 0 Å². The molecule has 0 bridgehead atoms. The van der Waals surface area contributed by atoms with Crippen LogP contribution in [0.15, 0.2) is 165 Å². The summed E-state index contributed by atoms with van der Waals surface area (Å²) in [6.07, 6.45) is 12.1. The third-order valence-corrected chi connectivity index (χ3v) is 12.6. The average Bonchev–Trinajstić information content (AvgIpc) is 3.29. The highest BCUT2D eigenvalue weighted by Gasteiger charge is 2.21. The predicted molar refractivity (Wildman–Crippen MR) is 271 cm³/mol. The van der Waals surface area contributed by atoms with Crippen LogP contribution in [0.2, 0.25) is 0 Å². The van der Waals surface area contributed by atoms with E-state index in [1.807, 2.05) is 18.6 Å². The maximum atomic E-state index is 4.47. The molecule has 0 fully saturated rings. The molecule has 0 atom stereocenters. The lowest BCUT2D eigenvalue weighted by Gasteiger charge is -2.11. The Morgan fingerprint density at radius 1 is 0.318 bits per heavy atom. The van der Waals surface area contributed by atoms with Crippen molar-refractivity contribution >= 4 is 0 Å². The second-order valence-electron chi connectivity index (χ2n) is 17.5. The maximum absolute atomic E-state index is 4.47. The molecular formula is C60H63N6+3. The summed E-state index contributed by atoms with van der Waals surface area (Å²) in [6.45, 7) is 19.1. The lowest BCUT2D eigenvalue weighted by atomic mass is 9.97. The van der Waals surface area contributed by atoms with Gasteiger partial charge in [-0.25, -0.2) is 13.7 Å². The van der Waals surface area contributed by atoms with Crippen molar-refractivity contribution in [3.63, 3.8) is 0 Å². The van der Waals surface area contributed by atoms with Gasteiger partial charge < -0.3 is 0 Å². The van der Waals surface area contributed by atoms with E-state index in [0.717, 1.165) is 17.1 Å². The lowest BCUT2D eigenvalue weighted by molar-refractivity contribution is -0.660. The molecule has 0 spiro atoms. The van der Waals surface area contributed by atoms with Gasteiger partial charge in [-0.1, -0.05) is 78.9 Å². The molecule has 0 unspecified atom stereocenters. The van der Waals surface area contributed by atoms with E-state index in [1.165, 1.54) is 101 Å². The van der Waals surface area contributed by atoms with Crippen LogP contribution in [0.1, 0.15) is 50.5 Å². The van der Waals surface area contributed by atoms with Crippen LogP contribution in [0, 0.1) is 62.3 Å². The number of aryl methyl sites for hydroxylation is 12. The molecule has 0 amide bonds. The number of aromatic nitrogens is 6. The van der Waals surface area contributed by atoms with Gasteiger partial charge >= 0.3 is 0 Å². The van der Waals surface area contributed by atoms with E-state index in [4.69, 9.17) is 0 Å². The number of nitrogens with zero attached hydrogens (tertiary/aromatic N) is 6. The number of pyridine rings is 6. The summed E-state index contributed by atoms with van der Waals surface area (Å²) in [7, 11) is 6.29. The highest BCUT2D eigenvalue weighted by atomic mass is 14.9. The highest BCUT2D eigenvalue weighted by Crippen LogP contribution is 2.31. The molecule has 6 heterocycles. The summed E-state index contributed by atoms with van der Waals surface area (Å²) < 4.78 is 6.55. The quantitative estimate of drug-likeness (QED) is 0.156. The summed E-state index contributed by atoms with van der Waals surface area (Å²) in [5.41, 5.74) is 25.7. The normalized spacial score (nSPS) is 10.7. The topological polar surface area (TPSA) is 50.3 Å². The van der Waals surface area contributed by atoms with Gasteiger partial charge in [-0.05, 0) is 142 Å². The fourth-order valence-electron chi connectivity index (χ4n) is 9.01. The van der Waals surface area contributed by atoms with Crippen molar-refractivity contribution < 1.29 is 13.7 Å². The van der Waals surface area contributed by atoms with Crippen molar-refractivity contribution in [2.75, 3.05) is 0 Å². The molecule has 0 radical (unpaired) electrons. The van der Waals surface area contributed by atoms with Crippen LogP contribution in [-0.2, 0) is 21.1 Å². The standard InChI is InChI=1S/3C20H21N2/c1-14-7-5-6-8-18(14)17-10-12-22(4)19(13-17)20-15(2)9-11-21-16(20)3;1-14-7-5-6-8-18(14)17-9-10-19(22(4)13-17)20-15(2)11-12-21-16(20)3;1-14-10-11-21-16(3)20(14)19-12-18(15(2)13-22(19)4)17-8-6-5-7-9-17/h3*5-13H,1-4H3/q3*+1. The minimum atomic E-state index is 1.07. The van der Waals surface area contributed by atoms with Crippen molar-refractivity contribution in [1.29, 1.82) is 0 Å². The highest BCUT2D eigenvalue weighted by molar-refractivity contribution is 5.75. The minimum Gasteiger partial charge on any atom is -0.261 e. The van der Waals surface area contributed by atoms with Crippen LogP contribution in [0.5, 0.6) is 0 Å². The van der Waals surface area contributed by atoms with Crippen molar-refractivity contribution in [1.82, 2.24) is 15.0 Å². The van der Waals surface area contributed by atoms with E-state index >= 15 is 0 Å². The molecular weight excluding hydrogens is 805 g/mol. The molecule has 0 aliphatic rings. The molecule has 330 valence electrons. The predicted octanol–water partition coefficient (Wildman–Crippen LogP) is 12.5. The van der Waals surface area contributed by atoms with Crippen LogP contribution in [-0.4, -0.2) is 15.0 Å². The molecule has 0 aliphatic carbocycles. The van der Waals surface area contributed by atoms with Crippen LogP contribution in [0.3, 0.4) is 0 Å². The number of benzene rings is 3. The molecule has 9 rings (SSSR count). The van der Waals surface area contributed by atoms with Gasteiger partial charge in [-0.15, -0.1) is 0 Å². The van der Waals surface area contributed by atoms with Crippen LogP contribution < -0.4 is 13.7 Å². The number of hydrogen-bond acceptors (Lipinski definition) is 3. The molecule has 0 saturated carbocycles. The minimum absolute atomic E-state index is 1.07. The van der Waals surface area contributed by atoms with Crippen LogP contribution in [0.4, 0.5) is 0 Å². The molecule has 0 aliphatic heterocycles. The van der Waals surface area contributed by atoms with Gasteiger partial charge in [0, 0.05) is 54.0 Å². The molecule has 3 aromatic carbocycles. The first kappa shape index (κ1) is 46.5. The van der Waals surface area contributed by atoms with Gasteiger partial charge in [-0.3, -0.25) is 15.0 Å². The smallest absolute Gasteiger partial charge is 0.215 e. The second-order valence-corrected chi connectivity index (χ2v) is 17.5. The molecule has 0 N–H and O–H groups in total. The zero-order chi connectivity index (χ0) is 47.1. The fourth-order valence-corrected chi connectivity index (χ4v) is 9.01. The Kier molecular flexibility index (Phi) is 14.5. The zero-order valence-electron chi connectivity index (χ0n) is 40.8. The third-order valence-electron chi connectivity index (χ3n) is 12.6. The maximum Gasteiger partial charge on any atom is 0.215 e. The Bertz CT molecular complexity index is 3110. The van der Waals surface area contributed by atoms with Crippen LogP contribution >= 0.6 is 0 Å². The van der Waals surface area contributed by atoms with Gasteiger partial charge in [0.2, 0.25) is 17.1 Å². The molecule has 6 heteroatoms. The summed E-state index contributed by atoms with van der Waals surface area (Å²) in [5, 5.41) is 0. The van der Waals surface area contributed by atoms with E-state index in [9.17, 15) is 0 Å². The summed E-state index contributed by atoms with van der Waals surface area (Å²) in [4.78, 5) is 13.4. The van der Waals surface area contributed by atoms with Gasteiger partial charge in [-0.2, -0.15) is 0 Å². The Morgan fingerprint density at radius 3 is 1.27 bits per heavy atom. The van der Waals surface area contributed by atoms with Crippen molar-refractivity contribution in [2.45, 2.75) is 62.3 Å².